The SMILES string of the molecule is CN1CCCc2oc3ccccc3c2C1. The molecule has 0 spiro atoms. The Morgan fingerprint density at radius 2 is 2.13 bits per heavy atom. The van der Waals surface area contributed by atoms with E-state index < -0.39 is 0 Å². The fraction of sp³-hybridized carbons (Fsp3) is 0.385. The number of benzene rings is 1. The molecule has 0 unspecified atom stereocenters. The first kappa shape index (κ1) is 8.98. The predicted octanol–water partition coefficient (Wildman–Crippen LogP) is 2.81. The molecule has 0 N–H and O–H groups in total. The molecule has 1 aromatic heterocycles. The maximum atomic E-state index is 5.89. The van der Waals surface area contributed by atoms with Gasteiger partial charge in [0.1, 0.15) is 11.3 Å². The van der Waals surface area contributed by atoms with Crippen LogP contribution in [0.15, 0.2) is 28.7 Å². The topological polar surface area (TPSA) is 16.4 Å². The molecule has 1 aromatic carbocycles. The number of fused-ring (bicyclic) bond motifs is 3. The van der Waals surface area contributed by atoms with Gasteiger partial charge < -0.3 is 9.32 Å². The predicted molar refractivity (Wildman–Crippen MR) is 60.9 cm³/mol. The Hall–Kier alpha value is -1.28. The monoisotopic (exact) mass is 201 g/mol. The van der Waals surface area contributed by atoms with E-state index in [1.807, 2.05) is 6.07 Å². The highest BCUT2D eigenvalue weighted by Crippen LogP contribution is 2.29. The Morgan fingerprint density at radius 1 is 1.27 bits per heavy atom. The second kappa shape index (κ2) is 3.38. The molecule has 0 saturated heterocycles. The summed E-state index contributed by atoms with van der Waals surface area (Å²) in [6, 6.07) is 8.35. The van der Waals surface area contributed by atoms with Crippen molar-refractivity contribution in [2.24, 2.45) is 0 Å². The Kier molecular flexibility index (Phi) is 2.03. The molecule has 1 aliphatic heterocycles. The molecule has 2 heterocycles. The lowest BCUT2D eigenvalue weighted by molar-refractivity contribution is 0.333. The molecule has 2 heteroatoms. The van der Waals surface area contributed by atoms with Crippen molar-refractivity contribution in [1.29, 1.82) is 0 Å². The van der Waals surface area contributed by atoms with E-state index in [9.17, 15) is 0 Å². The van der Waals surface area contributed by atoms with E-state index in [1.165, 1.54) is 29.7 Å². The van der Waals surface area contributed by atoms with Crippen LogP contribution in [0.3, 0.4) is 0 Å². The zero-order valence-corrected chi connectivity index (χ0v) is 8.99. The second-order valence-electron chi connectivity index (χ2n) is 4.34. The minimum absolute atomic E-state index is 1.02. The summed E-state index contributed by atoms with van der Waals surface area (Å²) in [6.45, 7) is 2.19. The Labute approximate surface area is 89.5 Å². The minimum atomic E-state index is 1.02. The molecule has 0 radical (unpaired) electrons. The summed E-state index contributed by atoms with van der Waals surface area (Å²) in [6.07, 6.45) is 2.28. The normalized spacial score (nSPS) is 17.7. The summed E-state index contributed by atoms with van der Waals surface area (Å²) >= 11 is 0. The fourth-order valence-corrected chi connectivity index (χ4v) is 2.38. The van der Waals surface area contributed by atoms with E-state index in [4.69, 9.17) is 4.42 Å². The van der Waals surface area contributed by atoms with Crippen molar-refractivity contribution in [1.82, 2.24) is 4.90 Å². The summed E-state index contributed by atoms with van der Waals surface area (Å²) < 4.78 is 5.89. The molecule has 2 aromatic rings. The van der Waals surface area contributed by atoms with Crippen molar-refractivity contribution >= 4 is 11.0 Å². The number of rotatable bonds is 0. The molecule has 0 fully saturated rings. The number of nitrogens with zero attached hydrogens (tertiary/aromatic N) is 1. The van der Waals surface area contributed by atoms with E-state index in [0.717, 1.165) is 18.5 Å². The number of furan rings is 1. The average molecular weight is 201 g/mol. The molecule has 0 aliphatic carbocycles. The van der Waals surface area contributed by atoms with Gasteiger partial charge in [0.25, 0.3) is 0 Å². The van der Waals surface area contributed by atoms with Gasteiger partial charge in [0.2, 0.25) is 0 Å². The van der Waals surface area contributed by atoms with Crippen LogP contribution in [0.2, 0.25) is 0 Å². The van der Waals surface area contributed by atoms with Gasteiger partial charge in [-0.25, -0.2) is 0 Å². The summed E-state index contributed by atoms with van der Waals surface area (Å²) in [5.41, 5.74) is 2.43. The Morgan fingerprint density at radius 3 is 3.07 bits per heavy atom. The number of para-hydroxylation sites is 1. The van der Waals surface area contributed by atoms with E-state index in [2.05, 4.69) is 30.1 Å². The molecule has 2 nitrogen and oxygen atoms in total. The van der Waals surface area contributed by atoms with E-state index >= 15 is 0 Å². The second-order valence-corrected chi connectivity index (χ2v) is 4.34. The smallest absolute Gasteiger partial charge is 0.134 e. The fourth-order valence-electron chi connectivity index (χ4n) is 2.38. The van der Waals surface area contributed by atoms with E-state index in [0.29, 0.717) is 0 Å². The lowest BCUT2D eigenvalue weighted by atomic mass is 10.1. The van der Waals surface area contributed by atoms with Crippen LogP contribution in [0.4, 0.5) is 0 Å². The maximum Gasteiger partial charge on any atom is 0.134 e. The molecule has 0 atom stereocenters. The van der Waals surface area contributed by atoms with Crippen LogP contribution in [-0.2, 0) is 13.0 Å². The van der Waals surface area contributed by atoms with Gasteiger partial charge in [0.15, 0.2) is 0 Å². The third kappa shape index (κ3) is 1.45. The minimum Gasteiger partial charge on any atom is -0.461 e. The molecule has 0 saturated carbocycles. The molecular weight excluding hydrogens is 186 g/mol. The molecule has 0 bridgehead atoms. The van der Waals surface area contributed by atoms with E-state index in [-0.39, 0.29) is 0 Å². The van der Waals surface area contributed by atoms with Crippen LogP contribution in [0.5, 0.6) is 0 Å². The number of hydrogen-bond donors (Lipinski definition) is 0. The summed E-state index contributed by atoms with van der Waals surface area (Å²) in [7, 11) is 2.18. The van der Waals surface area contributed by atoms with Gasteiger partial charge in [-0.05, 0) is 26.1 Å². The van der Waals surface area contributed by atoms with E-state index in [1.54, 1.807) is 0 Å². The van der Waals surface area contributed by atoms with Crippen molar-refractivity contribution in [2.45, 2.75) is 19.4 Å². The van der Waals surface area contributed by atoms with Crippen molar-refractivity contribution in [3.05, 3.63) is 35.6 Å². The average Bonchev–Trinajstić information content (AvgIpc) is 2.47. The molecule has 15 heavy (non-hydrogen) atoms. The van der Waals surface area contributed by atoms with Gasteiger partial charge in [-0.2, -0.15) is 0 Å². The van der Waals surface area contributed by atoms with Crippen molar-refractivity contribution < 1.29 is 4.42 Å². The third-order valence-corrected chi connectivity index (χ3v) is 3.15. The van der Waals surface area contributed by atoms with Crippen LogP contribution in [0, 0.1) is 0 Å². The van der Waals surface area contributed by atoms with Gasteiger partial charge in [0, 0.05) is 23.9 Å². The third-order valence-electron chi connectivity index (χ3n) is 3.15. The Balaban J connectivity index is 2.20. The molecule has 3 rings (SSSR count). The highest BCUT2D eigenvalue weighted by molar-refractivity contribution is 5.82. The molecule has 1 aliphatic rings. The zero-order chi connectivity index (χ0) is 10.3. The van der Waals surface area contributed by atoms with Gasteiger partial charge >= 0.3 is 0 Å². The van der Waals surface area contributed by atoms with Crippen LogP contribution >= 0.6 is 0 Å². The number of aryl methyl sites for hydroxylation is 1. The summed E-state index contributed by atoms with van der Waals surface area (Å²) in [4.78, 5) is 2.37. The summed E-state index contributed by atoms with van der Waals surface area (Å²) in [5.74, 6) is 1.19. The van der Waals surface area contributed by atoms with Crippen molar-refractivity contribution in [3.8, 4) is 0 Å². The number of hydrogen-bond acceptors (Lipinski definition) is 2. The van der Waals surface area contributed by atoms with Gasteiger partial charge in [-0.3, -0.25) is 0 Å². The highest BCUT2D eigenvalue weighted by Gasteiger charge is 2.18. The first-order valence-electron chi connectivity index (χ1n) is 5.52. The Bertz CT molecular complexity index is 486. The van der Waals surface area contributed by atoms with Crippen molar-refractivity contribution in [2.75, 3.05) is 13.6 Å². The van der Waals surface area contributed by atoms with Crippen LogP contribution in [-0.4, -0.2) is 18.5 Å². The lowest BCUT2D eigenvalue weighted by Crippen LogP contribution is -2.16. The first-order chi connectivity index (χ1) is 7.34. The van der Waals surface area contributed by atoms with Crippen LogP contribution in [0.1, 0.15) is 17.7 Å². The van der Waals surface area contributed by atoms with Gasteiger partial charge in [-0.15, -0.1) is 0 Å². The lowest BCUT2D eigenvalue weighted by Gasteiger charge is -2.12. The molecule has 78 valence electrons. The molecule has 0 amide bonds. The zero-order valence-electron chi connectivity index (χ0n) is 8.99. The van der Waals surface area contributed by atoms with Crippen LogP contribution in [0.25, 0.3) is 11.0 Å². The van der Waals surface area contributed by atoms with Crippen molar-refractivity contribution in [3.63, 3.8) is 0 Å². The largest absolute Gasteiger partial charge is 0.461 e. The maximum absolute atomic E-state index is 5.89. The van der Waals surface area contributed by atoms with Gasteiger partial charge in [0.05, 0.1) is 0 Å². The summed E-state index contributed by atoms with van der Waals surface area (Å²) in [5, 5.41) is 1.29. The first-order valence-corrected chi connectivity index (χ1v) is 5.52. The van der Waals surface area contributed by atoms with Gasteiger partial charge in [-0.1, -0.05) is 18.2 Å². The quantitative estimate of drug-likeness (QED) is 0.651. The van der Waals surface area contributed by atoms with Crippen LogP contribution < -0.4 is 0 Å². The molecular formula is C13H15NO. The highest BCUT2D eigenvalue weighted by atomic mass is 16.3. The standard InChI is InChI=1S/C13H15NO/c1-14-8-4-7-13-11(9-14)10-5-2-3-6-12(10)15-13/h2-3,5-6H,4,7-9H2,1H3.